The average molecular weight is 369 g/mol. The van der Waals surface area contributed by atoms with Gasteiger partial charge in [0.15, 0.2) is 0 Å². The zero-order chi connectivity index (χ0) is 19.1. The molecule has 0 atom stereocenters. The fourth-order valence-corrected chi connectivity index (χ4v) is 2.63. The molecule has 1 aliphatic rings. The van der Waals surface area contributed by atoms with E-state index in [1.165, 1.54) is 0 Å². The molecule has 1 heterocycles. The summed E-state index contributed by atoms with van der Waals surface area (Å²) in [6, 6.07) is 2.60. The van der Waals surface area contributed by atoms with Crippen LogP contribution < -0.4 is 10.6 Å². The Morgan fingerprint density at radius 1 is 1.19 bits per heavy atom. The van der Waals surface area contributed by atoms with Crippen molar-refractivity contribution in [1.82, 2.24) is 10.2 Å². The number of carbonyl (C=O) groups excluding carboxylic acids is 3. The molecule has 0 bridgehead atoms. The second kappa shape index (κ2) is 9.12. The van der Waals surface area contributed by atoms with Gasteiger partial charge in [-0.05, 0) is 31.9 Å². The number of likely N-dealkylation sites (tertiary alicyclic amines) is 1. The third kappa shape index (κ3) is 5.68. The molecule has 9 heteroatoms. The van der Waals surface area contributed by atoms with Gasteiger partial charge in [0.2, 0.25) is 11.8 Å². The van der Waals surface area contributed by atoms with Crippen molar-refractivity contribution in [2.75, 3.05) is 25.0 Å². The van der Waals surface area contributed by atoms with E-state index < -0.39 is 29.9 Å². The van der Waals surface area contributed by atoms with Crippen LogP contribution in [0.2, 0.25) is 0 Å². The Bertz CT molecular complexity index is 676. The van der Waals surface area contributed by atoms with E-state index in [9.17, 15) is 23.2 Å². The number of carbonyl (C=O) groups is 3. The monoisotopic (exact) mass is 369 g/mol. The molecule has 0 aliphatic carbocycles. The number of anilines is 1. The van der Waals surface area contributed by atoms with E-state index in [0.717, 1.165) is 12.1 Å². The molecule has 1 saturated heterocycles. The van der Waals surface area contributed by atoms with Gasteiger partial charge in [0.05, 0.1) is 12.3 Å². The first kappa shape index (κ1) is 19.6. The number of piperidine rings is 1. The minimum Gasteiger partial charge on any atom is -0.450 e. The van der Waals surface area contributed by atoms with Crippen LogP contribution in [-0.2, 0) is 14.3 Å². The van der Waals surface area contributed by atoms with Crippen molar-refractivity contribution in [3.8, 4) is 0 Å². The molecule has 2 rings (SSSR count). The first-order valence-corrected chi connectivity index (χ1v) is 8.35. The lowest BCUT2D eigenvalue weighted by Gasteiger charge is -2.31. The number of ether oxygens (including phenoxy) is 1. The Hall–Kier alpha value is -2.71. The molecule has 1 aromatic carbocycles. The number of hydrogen-bond donors (Lipinski definition) is 2. The van der Waals surface area contributed by atoms with E-state index in [0.29, 0.717) is 38.6 Å². The molecule has 2 N–H and O–H groups in total. The van der Waals surface area contributed by atoms with Gasteiger partial charge in [-0.25, -0.2) is 13.6 Å². The lowest BCUT2D eigenvalue weighted by atomic mass is 10.1. The van der Waals surface area contributed by atoms with Gasteiger partial charge < -0.3 is 20.3 Å². The lowest BCUT2D eigenvalue weighted by molar-refractivity contribution is -0.127. The minimum absolute atomic E-state index is 0.150. The Kier molecular flexibility index (Phi) is 6.88. The Balaban J connectivity index is 1.75. The highest BCUT2D eigenvalue weighted by atomic mass is 19.1. The summed E-state index contributed by atoms with van der Waals surface area (Å²) in [6.45, 7) is 2.94. The summed E-state index contributed by atoms with van der Waals surface area (Å²) in [5.74, 6) is -2.87. The third-order valence-corrected chi connectivity index (χ3v) is 3.91. The van der Waals surface area contributed by atoms with Crippen LogP contribution >= 0.6 is 0 Å². The van der Waals surface area contributed by atoms with Gasteiger partial charge >= 0.3 is 6.09 Å². The fraction of sp³-hybridized carbons (Fsp3) is 0.471. The van der Waals surface area contributed by atoms with E-state index in [4.69, 9.17) is 4.74 Å². The van der Waals surface area contributed by atoms with E-state index >= 15 is 0 Å². The second-order valence-electron chi connectivity index (χ2n) is 5.88. The van der Waals surface area contributed by atoms with Crippen molar-refractivity contribution in [3.05, 3.63) is 29.8 Å². The van der Waals surface area contributed by atoms with Crippen LogP contribution in [-0.4, -0.2) is 48.5 Å². The van der Waals surface area contributed by atoms with Crippen molar-refractivity contribution < 1.29 is 27.9 Å². The summed E-state index contributed by atoms with van der Waals surface area (Å²) in [6.07, 6.45) is 0.255. The second-order valence-corrected chi connectivity index (χ2v) is 5.88. The van der Waals surface area contributed by atoms with Crippen LogP contribution in [0.15, 0.2) is 18.2 Å². The molecule has 7 nitrogen and oxygen atoms in total. The number of nitrogens with zero attached hydrogens (tertiary/aromatic N) is 1. The molecule has 0 radical (unpaired) electrons. The van der Waals surface area contributed by atoms with Gasteiger partial charge in [-0.3, -0.25) is 9.59 Å². The Morgan fingerprint density at radius 2 is 1.88 bits per heavy atom. The van der Waals surface area contributed by atoms with Crippen LogP contribution in [0.5, 0.6) is 0 Å². The molecule has 142 valence electrons. The van der Waals surface area contributed by atoms with Crippen molar-refractivity contribution in [2.24, 2.45) is 0 Å². The zero-order valence-corrected chi connectivity index (χ0v) is 14.4. The highest BCUT2D eigenvalue weighted by Crippen LogP contribution is 2.15. The first-order valence-electron chi connectivity index (χ1n) is 8.35. The molecule has 0 spiro atoms. The van der Waals surface area contributed by atoms with Crippen LogP contribution in [0.1, 0.15) is 26.2 Å². The molecule has 0 unspecified atom stereocenters. The van der Waals surface area contributed by atoms with Crippen LogP contribution in [0.3, 0.4) is 0 Å². The van der Waals surface area contributed by atoms with E-state index in [1.807, 2.05) is 0 Å². The molecule has 26 heavy (non-hydrogen) atoms. The van der Waals surface area contributed by atoms with Gasteiger partial charge in [-0.1, -0.05) is 0 Å². The quantitative estimate of drug-likeness (QED) is 0.778. The predicted octanol–water partition coefficient (Wildman–Crippen LogP) is 2.03. The summed E-state index contributed by atoms with van der Waals surface area (Å²) >= 11 is 0. The summed E-state index contributed by atoms with van der Waals surface area (Å²) in [5, 5.41) is 4.95. The number of rotatable bonds is 5. The van der Waals surface area contributed by atoms with Crippen LogP contribution in [0.25, 0.3) is 0 Å². The minimum atomic E-state index is -0.912. The number of hydrogen-bond acceptors (Lipinski definition) is 4. The number of amides is 3. The van der Waals surface area contributed by atoms with Crippen molar-refractivity contribution in [2.45, 2.75) is 32.2 Å². The van der Waals surface area contributed by atoms with Gasteiger partial charge in [0, 0.05) is 25.2 Å². The molecule has 1 aromatic rings. The molecule has 3 amide bonds. The Morgan fingerprint density at radius 3 is 2.50 bits per heavy atom. The summed E-state index contributed by atoms with van der Waals surface area (Å²) in [7, 11) is 0. The molecule has 1 fully saturated rings. The zero-order valence-electron chi connectivity index (χ0n) is 14.4. The lowest BCUT2D eigenvalue weighted by Crippen LogP contribution is -2.47. The van der Waals surface area contributed by atoms with Gasteiger partial charge in [0.1, 0.15) is 18.1 Å². The van der Waals surface area contributed by atoms with E-state index in [-0.39, 0.29) is 17.8 Å². The predicted molar refractivity (Wildman–Crippen MR) is 89.4 cm³/mol. The summed E-state index contributed by atoms with van der Waals surface area (Å²) in [4.78, 5) is 36.9. The number of halogens is 2. The fourth-order valence-electron chi connectivity index (χ4n) is 2.63. The van der Waals surface area contributed by atoms with Gasteiger partial charge in [-0.15, -0.1) is 0 Å². The standard InChI is InChI=1S/C17H21F2N3O4/c1-2-26-17(25)22-7-5-12(6-8-22)20-15(23)10-16(24)21-14-4-3-11(18)9-13(14)19/h3-4,9,12H,2,5-8,10H2,1H3,(H,20,23)(H,21,24). The van der Waals surface area contributed by atoms with Crippen LogP contribution in [0, 0.1) is 11.6 Å². The SMILES string of the molecule is CCOC(=O)N1CCC(NC(=O)CC(=O)Nc2ccc(F)cc2F)CC1. The maximum absolute atomic E-state index is 13.5. The molecular formula is C17H21F2N3O4. The maximum Gasteiger partial charge on any atom is 0.409 e. The molecule has 1 aliphatic heterocycles. The largest absolute Gasteiger partial charge is 0.450 e. The smallest absolute Gasteiger partial charge is 0.409 e. The summed E-state index contributed by atoms with van der Waals surface area (Å²) in [5.41, 5.74) is -0.188. The topological polar surface area (TPSA) is 87.7 Å². The molecule has 0 aromatic heterocycles. The van der Waals surface area contributed by atoms with Crippen molar-refractivity contribution in [1.29, 1.82) is 0 Å². The average Bonchev–Trinajstić information content (AvgIpc) is 2.58. The maximum atomic E-state index is 13.5. The normalized spacial score (nSPS) is 14.7. The molecule has 0 saturated carbocycles. The van der Waals surface area contributed by atoms with Gasteiger partial charge in [-0.2, -0.15) is 0 Å². The van der Waals surface area contributed by atoms with Crippen molar-refractivity contribution >= 4 is 23.6 Å². The van der Waals surface area contributed by atoms with E-state index in [1.54, 1.807) is 11.8 Å². The highest BCUT2D eigenvalue weighted by molar-refractivity contribution is 6.03. The van der Waals surface area contributed by atoms with Crippen molar-refractivity contribution in [3.63, 3.8) is 0 Å². The molecular weight excluding hydrogens is 348 g/mol. The summed E-state index contributed by atoms with van der Waals surface area (Å²) < 4.78 is 31.2. The van der Waals surface area contributed by atoms with E-state index in [2.05, 4.69) is 10.6 Å². The Labute approximate surface area is 149 Å². The number of nitrogens with one attached hydrogen (secondary N) is 2. The number of benzene rings is 1. The third-order valence-electron chi connectivity index (χ3n) is 3.91. The van der Waals surface area contributed by atoms with Crippen LogP contribution in [0.4, 0.5) is 19.3 Å². The highest BCUT2D eigenvalue weighted by Gasteiger charge is 2.25. The van der Waals surface area contributed by atoms with Gasteiger partial charge in [0.25, 0.3) is 0 Å². The first-order chi connectivity index (χ1) is 12.4.